The third kappa shape index (κ3) is 5.18. The van der Waals surface area contributed by atoms with Gasteiger partial charge in [0.25, 0.3) is 0 Å². The van der Waals surface area contributed by atoms with E-state index in [1.807, 2.05) is 23.9 Å². The van der Waals surface area contributed by atoms with Gasteiger partial charge in [0.05, 0.1) is 5.75 Å². The van der Waals surface area contributed by atoms with Crippen LogP contribution >= 0.6 is 23.5 Å². The smallest absolute Gasteiger partial charge is 0.384 e. The van der Waals surface area contributed by atoms with Crippen molar-refractivity contribution in [3.8, 4) is 0 Å². The van der Waals surface area contributed by atoms with Gasteiger partial charge in [-0.3, -0.25) is 0 Å². The number of halogens is 3. The molecule has 0 saturated carbocycles. The number of thioether (sulfide) groups is 2. The number of anilines is 1. The third-order valence-corrected chi connectivity index (χ3v) is 5.25. The molecule has 1 aliphatic heterocycles. The van der Waals surface area contributed by atoms with E-state index in [0.717, 1.165) is 29.7 Å². The molecule has 0 spiro atoms. The minimum atomic E-state index is -4.13. The van der Waals surface area contributed by atoms with Gasteiger partial charge in [0.2, 0.25) is 0 Å². The van der Waals surface area contributed by atoms with Crippen molar-refractivity contribution in [3.63, 3.8) is 0 Å². The lowest BCUT2D eigenvalue weighted by Crippen LogP contribution is -2.14. The van der Waals surface area contributed by atoms with Crippen molar-refractivity contribution < 1.29 is 13.2 Å². The van der Waals surface area contributed by atoms with Crippen LogP contribution in [0, 0.1) is 5.92 Å². The Morgan fingerprint density at radius 2 is 2.11 bits per heavy atom. The lowest BCUT2D eigenvalue weighted by atomic mass is 10.1. The van der Waals surface area contributed by atoms with E-state index in [1.54, 1.807) is 12.1 Å². The summed E-state index contributed by atoms with van der Waals surface area (Å²) in [6.07, 6.45) is -2.94. The maximum Gasteiger partial charge on any atom is 0.398 e. The molecule has 1 unspecified atom stereocenters. The molecule has 1 heterocycles. The lowest BCUT2D eigenvalue weighted by Gasteiger charge is -2.15. The van der Waals surface area contributed by atoms with Crippen LogP contribution < -0.4 is 5.32 Å². The molecule has 0 bridgehead atoms. The van der Waals surface area contributed by atoms with E-state index in [-0.39, 0.29) is 0 Å². The molecule has 0 aromatic heterocycles. The predicted octanol–water partition coefficient (Wildman–Crippen LogP) is 4.51. The molecular weight excluding hydrogens is 291 g/mol. The summed E-state index contributed by atoms with van der Waals surface area (Å²) in [6, 6.07) is 7.21. The van der Waals surface area contributed by atoms with E-state index in [1.165, 1.54) is 12.2 Å². The molecule has 106 valence electrons. The summed E-state index contributed by atoms with van der Waals surface area (Å²) in [5.74, 6) is 2.12. The van der Waals surface area contributed by atoms with E-state index in [9.17, 15) is 13.2 Å². The van der Waals surface area contributed by atoms with Gasteiger partial charge in [0.15, 0.2) is 0 Å². The predicted molar refractivity (Wildman–Crippen MR) is 77.1 cm³/mol. The van der Waals surface area contributed by atoms with Crippen LogP contribution in [-0.2, 0) is 0 Å². The Morgan fingerprint density at radius 1 is 1.32 bits per heavy atom. The maximum absolute atomic E-state index is 12.3. The zero-order valence-corrected chi connectivity index (χ0v) is 12.0. The highest BCUT2D eigenvalue weighted by molar-refractivity contribution is 7.99. The molecule has 1 atom stereocenters. The summed E-state index contributed by atoms with van der Waals surface area (Å²) in [7, 11) is 0. The van der Waals surface area contributed by atoms with Crippen LogP contribution in [0.25, 0.3) is 0 Å². The largest absolute Gasteiger partial charge is 0.398 e. The first-order chi connectivity index (χ1) is 9.04. The average Bonchev–Trinajstić information content (AvgIpc) is 2.87. The summed E-state index contributed by atoms with van der Waals surface area (Å²) in [5.41, 5.74) is 0.814. The Labute approximate surface area is 119 Å². The van der Waals surface area contributed by atoms with Crippen LogP contribution in [0.2, 0.25) is 0 Å². The minimum absolute atomic E-state index is 0.630. The first kappa shape index (κ1) is 14.9. The topological polar surface area (TPSA) is 12.0 Å². The first-order valence-electron chi connectivity index (χ1n) is 6.15. The fourth-order valence-corrected chi connectivity index (χ4v) is 3.97. The second-order valence-electron chi connectivity index (χ2n) is 4.51. The van der Waals surface area contributed by atoms with Gasteiger partial charge in [-0.15, -0.1) is 11.8 Å². The number of para-hydroxylation sites is 1. The normalized spacial score (nSPS) is 19.6. The van der Waals surface area contributed by atoms with E-state index in [4.69, 9.17) is 0 Å². The average molecular weight is 307 g/mol. The molecule has 2 rings (SSSR count). The zero-order valence-electron chi connectivity index (χ0n) is 10.4. The Bertz CT molecular complexity index is 403. The number of hydrogen-bond acceptors (Lipinski definition) is 3. The Kier molecular flexibility index (Phi) is 5.33. The summed E-state index contributed by atoms with van der Waals surface area (Å²) < 4.78 is 36.8. The highest BCUT2D eigenvalue weighted by Crippen LogP contribution is 2.32. The van der Waals surface area contributed by atoms with Gasteiger partial charge in [-0.1, -0.05) is 12.1 Å². The fourth-order valence-electron chi connectivity index (χ4n) is 1.90. The van der Waals surface area contributed by atoms with Crippen molar-refractivity contribution in [2.24, 2.45) is 5.92 Å². The van der Waals surface area contributed by atoms with E-state index in [2.05, 4.69) is 5.32 Å². The van der Waals surface area contributed by atoms with Crippen molar-refractivity contribution in [2.45, 2.75) is 17.5 Å². The molecule has 1 nitrogen and oxygen atoms in total. The molecule has 0 aliphatic carbocycles. The zero-order chi connectivity index (χ0) is 13.7. The molecule has 0 radical (unpaired) electrons. The summed E-state index contributed by atoms with van der Waals surface area (Å²) in [5, 5.41) is 3.29. The Morgan fingerprint density at radius 3 is 2.79 bits per heavy atom. The molecule has 19 heavy (non-hydrogen) atoms. The van der Waals surface area contributed by atoms with Crippen LogP contribution in [0.4, 0.5) is 18.9 Å². The molecular formula is C13H16F3NS2. The van der Waals surface area contributed by atoms with Crippen LogP contribution in [-0.4, -0.2) is 30.0 Å². The number of benzene rings is 1. The van der Waals surface area contributed by atoms with Gasteiger partial charge in [-0.05, 0) is 36.0 Å². The van der Waals surface area contributed by atoms with Gasteiger partial charge >= 0.3 is 6.18 Å². The number of hydrogen-bond donors (Lipinski definition) is 1. The molecule has 1 N–H and O–H groups in total. The summed E-state index contributed by atoms with van der Waals surface area (Å²) in [4.78, 5) is 0.672. The number of nitrogens with one attached hydrogen (secondary N) is 1. The van der Waals surface area contributed by atoms with Gasteiger partial charge in [0, 0.05) is 17.1 Å². The van der Waals surface area contributed by atoms with Gasteiger partial charge in [-0.2, -0.15) is 24.9 Å². The number of rotatable bonds is 5. The first-order valence-corrected chi connectivity index (χ1v) is 8.29. The SMILES string of the molecule is FC(F)(F)CSc1ccccc1NCC1CCSC1. The third-order valence-electron chi connectivity index (χ3n) is 2.88. The highest BCUT2D eigenvalue weighted by atomic mass is 32.2. The van der Waals surface area contributed by atoms with Crippen molar-refractivity contribution >= 4 is 29.2 Å². The molecule has 1 aromatic carbocycles. The minimum Gasteiger partial charge on any atom is -0.384 e. The van der Waals surface area contributed by atoms with E-state index < -0.39 is 11.9 Å². The molecule has 1 aliphatic rings. The second-order valence-corrected chi connectivity index (χ2v) is 6.68. The van der Waals surface area contributed by atoms with Crippen LogP contribution in [0.15, 0.2) is 29.2 Å². The van der Waals surface area contributed by atoms with Crippen LogP contribution in [0.3, 0.4) is 0 Å². The summed E-state index contributed by atoms with van der Waals surface area (Å²) >= 11 is 2.78. The summed E-state index contributed by atoms with van der Waals surface area (Å²) in [6.45, 7) is 0.844. The van der Waals surface area contributed by atoms with E-state index in [0.29, 0.717) is 10.8 Å². The van der Waals surface area contributed by atoms with Gasteiger partial charge < -0.3 is 5.32 Å². The van der Waals surface area contributed by atoms with Crippen LogP contribution in [0.5, 0.6) is 0 Å². The van der Waals surface area contributed by atoms with Gasteiger partial charge in [0.1, 0.15) is 0 Å². The Hall–Kier alpha value is -0.490. The van der Waals surface area contributed by atoms with Crippen LogP contribution in [0.1, 0.15) is 6.42 Å². The molecule has 6 heteroatoms. The molecule has 0 amide bonds. The lowest BCUT2D eigenvalue weighted by molar-refractivity contribution is -0.105. The highest BCUT2D eigenvalue weighted by Gasteiger charge is 2.27. The van der Waals surface area contributed by atoms with Crippen molar-refractivity contribution in [3.05, 3.63) is 24.3 Å². The molecule has 1 saturated heterocycles. The second kappa shape index (κ2) is 6.79. The van der Waals surface area contributed by atoms with Crippen molar-refractivity contribution in [2.75, 3.05) is 29.1 Å². The fraction of sp³-hybridized carbons (Fsp3) is 0.538. The van der Waals surface area contributed by atoms with E-state index >= 15 is 0 Å². The quantitative estimate of drug-likeness (QED) is 0.804. The standard InChI is InChI=1S/C13H16F3NS2/c14-13(15,16)9-19-12-4-2-1-3-11(12)17-7-10-5-6-18-8-10/h1-4,10,17H,5-9H2. The monoisotopic (exact) mass is 307 g/mol. The molecule has 1 aromatic rings. The molecule has 1 fully saturated rings. The van der Waals surface area contributed by atoms with Gasteiger partial charge in [-0.25, -0.2) is 0 Å². The Balaban J connectivity index is 1.91. The van der Waals surface area contributed by atoms with Crippen molar-refractivity contribution in [1.82, 2.24) is 0 Å². The maximum atomic E-state index is 12.3. The number of alkyl halides is 3. The van der Waals surface area contributed by atoms with Crippen molar-refractivity contribution in [1.29, 1.82) is 0 Å².